The van der Waals surface area contributed by atoms with Gasteiger partial charge in [-0.3, -0.25) is 0 Å². The fourth-order valence-corrected chi connectivity index (χ4v) is 20.4. The molecule has 4 heteroatoms. The maximum absolute atomic E-state index is 6.40. The summed E-state index contributed by atoms with van der Waals surface area (Å²) >= 11 is 0. The van der Waals surface area contributed by atoms with Gasteiger partial charge in [-0.1, -0.05) is 243 Å². The molecule has 3 nitrogen and oxygen atoms in total. The van der Waals surface area contributed by atoms with Gasteiger partial charge < -0.3 is 13.4 Å². The van der Waals surface area contributed by atoms with Gasteiger partial charge in [0.15, 0.2) is 8.07 Å². The summed E-state index contributed by atoms with van der Waals surface area (Å²) in [5.74, 6) is -0.0394. The van der Waals surface area contributed by atoms with Crippen LogP contribution in [0.2, 0.25) is 0 Å². The van der Waals surface area contributed by atoms with Crippen molar-refractivity contribution in [3.8, 4) is 39.1 Å². The lowest BCUT2D eigenvalue weighted by Gasteiger charge is -2.48. The van der Waals surface area contributed by atoms with Crippen LogP contribution in [0.1, 0.15) is 41.0 Å². The van der Waals surface area contributed by atoms with Crippen molar-refractivity contribution >= 4 is 89.3 Å². The van der Waals surface area contributed by atoms with Crippen LogP contribution in [0.4, 0.5) is 0 Å². The average molecular weight is 1100 g/mol. The molecule has 400 valence electrons. The first-order valence-corrected chi connectivity index (χ1v) is 31.5. The first-order valence-electron chi connectivity index (χ1n) is 29.5. The van der Waals surface area contributed by atoms with Crippen molar-refractivity contribution in [1.82, 2.24) is 4.57 Å². The van der Waals surface area contributed by atoms with Crippen LogP contribution in [0.5, 0.6) is 0 Å². The largest absolute Gasteiger partial charge is 0.456 e. The van der Waals surface area contributed by atoms with Gasteiger partial charge in [-0.2, -0.15) is 0 Å². The second-order valence-electron chi connectivity index (χ2n) is 23.0. The van der Waals surface area contributed by atoms with Crippen LogP contribution in [-0.4, -0.2) is 12.6 Å². The van der Waals surface area contributed by atoms with Crippen molar-refractivity contribution in [3.63, 3.8) is 0 Å². The van der Waals surface area contributed by atoms with Crippen LogP contribution in [0.25, 0.3) is 105 Å². The average Bonchev–Trinajstić information content (AvgIpc) is 0.996. The predicted molar refractivity (Wildman–Crippen MR) is 357 cm³/mol. The van der Waals surface area contributed by atoms with Crippen molar-refractivity contribution in [3.05, 3.63) is 336 Å². The zero-order chi connectivity index (χ0) is 56.3. The smallest absolute Gasteiger partial charge is 0.179 e. The number of aromatic nitrogens is 1. The fraction of sp³-hybridized carbons (Fsp3) is 0.0370. The van der Waals surface area contributed by atoms with E-state index in [0.717, 1.165) is 77.2 Å². The number of furan rings is 2. The second-order valence-corrected chi connectivity index (χ2v) is 26.7. The minimum atomic E-state index is -3.08. The van der Waals surface area contributed by atoms with E-state index in [1.807, 2.05) is 12.1 Å². The number of hydrogen-bond acceptors (Lipinski definition) is 2. The molecule has 2 bridgehead atoms. The van der Waals surface area contributed by atoms with Gasteiger partial charge in [0.25, 0.3) is 0 Å². The van der Waals surface area contributed by atoms with Gasteiger partial charge in [0.2, 0.25) is 0 Å². The van der Waals surface area contributed by atoms with Gasteiger partial charge in [-0.15, -0.1) is 0 Å². The maximum atomic E-state index is 6.40. The Morgan fingerprint density at radius 1 is 0.400 bits per heavy atom. The molecule has 2 unspecified atom stereocenters. The Hall–Kier alpha value is -10.5. The monoisotopic (exact) mass is 1100 g/mol. The standard InChI is InChI=1S/C81H55NO2Si/c1-3-23-76(85(55-24-7-4-8-25-55,56-26-9-5-10-27-56)57-28-11-6-12-29-57)78-51(2)77-63-33-13-14-34-64(63)81(78)80-65(77)37-22-39-71(80)82-69-38-18-15-30-60(69)66-50-54(42-45-70(66)82)79-58(52-43-46-74-67(48-52)61-31-16-19-40-72(61)83-74)35-21-36-59(79)53-44-47-75-68(49-53)62-32-17-20-41-73(62)84-75/h3-50,77,81H,1H2,2H3/b76-23+. The normalized spacial score (nSPS) is 15.0. The molecule has 18 rings (SSSR count). The number of fused-ring (bicyclic) bond motifs is 9. The molecule has 0 amide bonds. The third kappa shape index (κ3) is 7.25. The molecule has 0 fully saturated rings. The lowest BCUT2D eigenvalue weighted by atomic mass is 9.60. The van der Waals surface area contributed by atoms with E-state index in [1.54, 1.807) is 0 Å². The third-order valence-electron chi connectivity index (χ3n) is 18.7. The maximum Gasteiger partial charge on any atom is 0.179 e. The summed E-state index contributed by atoms with van der Waals surface area (Å²) < 4.78 is 15.4. The molecular weight excluding hydrogens is 1050 g/mol. The highest BCUT2D eigenvalue weighted by Crippen LogP contribution is 2.60. The Labute approximate surface area is 494 Å². The van der Waals surface area contributed by atoms with E-state index in [4.69, 9.17) is 8.83 Å². The lowest BCUT2D eigenvalue weighted by Crippen LogP contribution is -2.69. The highest BCUT2D eigenvalue weighted by Gasteiger charge is 2.51. The molecule has 3 aliphatic carbocycles. The molecule has 15 aromatic rings. The Morgan fingerprint density at radius 3 is 1.45 bits per heavy atom. The molecule has 12 aromatic carbocycles. The molecule has 0 saturated heterocycles. The molecule has 3 aliphatic rings. The van der Waals surface area contributed by atoms with Crippen LogP contribution in [0.15, 0.2) is 323 Å². The second kappa shape index (κ2) is 19.3. The molecule has 0 aliphatic heterocycles. The third-order valence-corrected chi connectivity index (χ3v) is 23.6. The quantitative estimate of drug-likeness (QED) is 0.0776. The predicted octanol–water partition coefficient (Wildman–Crippen LogP) is 19.3. The lowest BCUT2D eigenvalue weighted by molar-refractivity contribution is 0.668. The molecule has 0 spiro atoms. The zero-order valence-corrected chi connectivity index (χ0v) is 47.8. The van der Waals surface area contributed by atoms with E-state index in [9.17, 15) is 0 Å². The van der Waals surface area contributed by atoms with Crippen molar-refractivity contribution in [2.24, 2.45) is 0 Å². The van der Waals surface area contributed by atoms with Crippen molar-refractivity contribution in [2.45, 2.75) is 18.8 Å². The fourth-order valence-electron chi connectivity index (χ4n) is 15.3. The van der Waals surface area contributed by atoms with E-state index >= 15 is 0 Å². The summed E-state index contributed by atoms with van der Waals surface area (Å²) in [5.41, 5.74) is 22.2. The van der Waals surface area contributed by atoms with Gasteiger partial charge in [0.1, 0.15) is 22.3 Å². The van der Waals surface area contributed by atoms with E-state index in [2.05, 4.69) is 297 Å². The number of nitrogens with zero attached hydrogens (tertiary/aromatic N) is 1. The molecular formula is C81H55NO2Si. The van der Waals surface area contributed by atoms with Crippen LogP contribution in [0, 0.1) is 0 Å². The number of benzene rings is 12. The van der Waals surface area contributed by atoms with Crippen molar-refractivity contribution < 1.29 is 8.83 Å². The Bertz CT molecular complexity index is 5060. The molecule has 0 saturated carbocycles. The molecule has 2 atom stereocenters. The van der Waals surface area contributed by atoms with E-state index in [0.29, 0.717) is 0 Å². The Morgan fingerprint density at radius 2 is 0.859 bits per heavy atom. The first-order chi connectivity index (χ1) is 42.1. The molecule has 0 N–H and O–H groups in total. The molecule has 3 aromatic heterocycles. The highest BCUT2D eigenvalue weighted by molar-refractivity contribution is 7.16. The molecule has 0 radical (unpaired) electrons. The number of allylic oxidation sites excluding steroid dienone is 5. The molecule has 85 heavy (non-hydrogen) atoms. The SMILES string of the molecule is C=C/C=C(\C1=C(C)C2c3ccccc3C1c1c2cccc1-n1c2ccccc2c2cc(-c3c(-c4ccc5oc6ccccc6c5c4)cccc3-c3ccc4oc5ccccc5c4c3)ccc21)[Si](c1ccccc1)(c1ccccc1)c1ccccc1. The Balaban J connectivity index is 0.901. The summed E-state index contributed by atoms with van der Waals surface area (Å²) in [7, 11) is -3.08. The van der Waals surface area contributed by atoms with Crippen LogP contribution in [-0.2, 0) is 0 Å². The minimum Gasteiger partial charge on any atom is -0.456 e. The van der Waals surface area contributed by atoms with Crippen LogP contribution < -0.4 is 15.6 Å². The van der Waals surface area contributed by atoms with Gasteiger partial charge in [0, 0.05) is 44.2 Å². The Kier molecular flexibility index (Phi) is 11.1. The number of hydrogen-bond donors (Lipinski definition) is 0. The minimum absolute atomic E-state index is 0.0431. The van der Waals surface area contributed by atoms with Crippen LogP contribution in [0.3, 0.4) is 0 Å². The van der Waals surface area contributed by atoms with E-state index < -0.39 is 8.07 Å². The summed E-state index contributed by atoms with van der Waals surface area (Å²) in [6.07, 6.45) is 4.44. The topological polar surface area (TPSA) is 31.2 Å². The first kappa shape index (κ1) is 49.1. The van der Waals surface area contributed by atoms with Gasteiger partial charge in [-0.25, -0.2) is 0 Å². The summed E-state index contributed by atoms with van der Waals surface area (Å²) in [6, 6.07) is 104. The van der Waals surface area contributed by atoms with Crippen molar-refractivity contribution in [2.75, 3.05) is 0 Å². The van der Waals surface area contributed by atoms with E-state index in [-0.39, 0.29) is 11.8 Å². The number of para-hydroxylation sites is 3. The number of rotatable bonds is 10. The summed E-state index contributed by atoms with van der Waals surface area (Å²) in [4.78, 5) is 0. The van der Waals surface area contributed by atoms with Gasteiger partial charge >= 0.3 is 0 Å². The van der Waals surface area contributed by atoms with Crippen molar-refractivity contribution in [1.29, 1.82) is 0 Å². The van der Waals surface area contributed by atoms with Gasteiger partial charge in [-0.05, 0) is 150 Å². The summed E-state index contributed by atoms with van der Waals surface area (Å²) in [6.45, 7) is 6.94. The molecule has 3 heterocycles. The van der Waals surface area contributed by atoms with Crippen LogP contribution >= 0.6 is 0 Å². The van der Waals surface area contributed by atoms with E-state index in [1.165, 1.54) is 81.7 Å². The van der Waals surface area contributed by atoms with Gasteiger partial charge in [0.05, 0.1) is 16.7 Å². The highest BCUT2D eigenvalue weighted by atomic mass is 28.3. The summed E-state index contributed by atoms with van der Waals surface area (Å²) in [5, 5.41) is 12.2. The zero-order valence-electron chi connectivity index (χ0n) is 46.8.